The Morgan fingerprint density at radius 2 is 2.00 bits per heavy atom. The van der Waals surface area contributed by atoms with Gasteiger partial charge in [-0.15, -0.1) is 11.3 Å². The Bertz CT molecular complexity index is 1230. The van der Waals surface area contributed by atoms with E-state index in [2.05, 4.69) is 5.32 Å². The van der Waals surface area contributed by atoms with Crippen LogP contribution in [0.5, 0.6) is 5.75 Å². The second-order valence-corrected chi connectivity index (χ2v) is 8.50. The number of hydrogen-bond acceptors (Lipinski definition) is 8. The third-order valence-electron chi connectivity index (χ3n) is 5.37. The van der Waals surface area contributed by atoms with Gasteiger partial charge in [0.15, 0.2) is 5.76 Å². The molecule has 0 spiro atoms. The van der Waals surface area contributed by atoms with Crippen molar-refractivity contribution in [2.45, 2.75) is 32.6 Å². The van der Waals surface area contributed by atoms with Crippen LogP contribution in [0.2, 0.25) is 0 Å². The normalized spacial score (nSPS) is 12.7. The maximum atomic E-state index is 12.9. The van der Waals surface area contributed by atoms with Crippen LogP contribution in [0, 0.1) is 10.1 Å². The second kappa shape index (κ2) is 9.45. The van der Waals surface area contributed by atoms with E-state index in [-0.39, 0.29) is 29.4 Å². The fraction of sp³-hybridized carbons (Fsp3) is 0.304. The fourth-order valence-electron chi connectivity index (χ4n) is 3.84. The zero-order valence-electron chi connectivity index (χ0n) is 18.1. The molecule has 0 radical (unpaired) electrons. The minimum Gasteiger partial charge on any atom is -0.497 e. The van der Waals surface area contributed by atoms with Gasteiger partial charge in [0.1, 0.15) is 16.5 Å². The van der Waals surface area contributed by atoms with Gasteiger partial charge in [-0.25, -0.2) is 4.79 Å². The number of nitrogens with one attached hydrogen (secondary N) is 1. The standard InChI is InChI=1S/C23H22N2O7S/c1-3-31-23(27)20-15-6-4-5-7-19(15)33-22(20)24-21(26)18-11-10-17(32-18)14-9-8-13(30-2)12-16(14)25(28)29/h8-12H,3-7H2,1-2H3,(H,24,26). The molecule has 1 N–H and O–H groups in total. The molecule has 0 fully saturated rings. The number of furan rings is 1. The Kier molecular flexibility index (Phi) is 6.45. The Morgan fingerprint density at radius 1 is 1.21 bits per heavy atom. The van der Waals surface area contributed by atoms with E-state index in [4.69, 9.17) is 13.9 Å². The number of aryl methyl sites for hydroxylation is 1. The van der Waals surface area contributed by atoms with E-state index in [1.165, 1.54) is 42.7 Å². The number of benzene rings is 1. The molecule has 2 aromatic heterocycles. The minimum absolute atomic E-state index is 0.0312. The van der Waals surface area contributed by atoms with Crippen LogP contribution in [0.3, 0.4) is 0 Å². The summed E-state index contributed by atoms with van der Waals surface area (Å²) in [5.41, 5.74) is 1.36. The summed E-state index contributed by atoms with van der Waals surface area (Å²) < 4.78 is 15.9. The summed E-state index contributed by atoms with van der Waals surface area (Å²) in [6.07, 6.45) is 3.63. The SMILES string of the molecule is CCOC(=O)c1c(NC(=O)c2ccc(-c3ccc(OC)cc3[N+](=O)[O-])o2)sc2c1CCCC2. The molecule has 0 bridgehead atoms. The van der Waals surface area contributed by atoms with Crippen LogP contribution in [0.1, 0.15) is 51.1 Å². The molecule has 0 saturated heterocycles. The number of hydrogen-bond donors (Lipinski definition) is 1. The van der Waals surface area contributed by atoms with Crippen LogP contribution in [-0.4, -0.2) is 30.5 Å². The number of nitro groups is 1. The van der Waals surface area contributed by atoms with Crippen molar-refractivity contribution in [3.63, 3.8) is 0 Å². The summed E-state index contributed by atoms with van der Waals surface area (Å²) >= 11 is 1.38. The van der Waals surface area contributed by atoms with E-state index in [9.17, 15) is 19.7 Å². The van der Waals surface area contributed by atoms with Gasteiger partial charge in [-0.1, -0.05) is 0 Å². The van der Waals surface area contributed by atoms with Crippen molar-refractivity contribution in [3.05, 3.63) is 62.2 Å². The summed E-state index contributed by atoms with van der Waals surface area (Å²) in [5.74, 6) is -0.534. The van der Waals surface area contributed by atoms with Gasteiger partial charge < -0.3 is 19.2 Å². The third-order valence-corrected chi connectivity index (χ3v) is 6.58. The molecule has 2 heterocycles. The number of thiophene rings is 1. The van der Waals surface area contributed by atoms with Crippen molar-refractivity contribution in [2.75, 3.05) is 19.0 Å². The highest BCUT2D eigenvalue weighted by atomic mass is 32.1. The Hall–Kier alpha value is -3.66. The average molecular weight is 471 g/mol. The fourth-order valence-corrected chi connectivity index (χ4v) is 5.11. The van der Waals surface area contributed by atoms with E-state index < -0.39 is 16.8 Å². The molecule has 4 rings (SSSR count). The smallest absolute Gasteiger partial charge is 0.341 e. The number of methoxy groups -OCH3 is 1. The molecule has 1 amide bonds. The third kappa shape index (κ3) is 4.47. The highest BCUT2D eigenvalue weighted by Crippen LogP contribution is 2.39. The lowest BCUT2D eigenvalue weighted by atomic mass is 9.95. The molecule has 0 atom stereocenters. The summed E-state index contributed by atoms with van der Waals surface area (Å²) in [6.45, 7) is 1.97. The van der Waals surface area contributed by atoms with Crippen molar-refractivity contribution in [2.24, 2.45) is 0 Å². The number of carbonyl (C=O) groups is 2. The minimum atomic E-state index is -0.554. The maximum absolute atomic E-state index is 12.9. The average Bonchev–Trinajstić information content (AvgIpc) is 3.43. The van der Waals surface area contributed by atoms with Gasteiger partial charge in [-0.2, -0.15) is 0 Å². The number of ether oxygens (including phenoxy) is 2. The summed E-state index contributed by atoms with van der Waals surface area (Å²) in [5, 5.41) is 14.7. The van der Waals surface area contributed by atoms with Crippen LogP contribution in [0.4, 0.5) is 10.7 Å². The second-order valence-electron chi connectivity index (χ2n) is 7.39. The lowest BCUT2D eigenvalue weighted by molar-refractivity contribution is -0.384. The molecule has 0 saturated carbocycles. The van der Waals surface area contributed by atoms with Gasteiger partial charge >= 0.3 is 5.97 Å². The first-order valence-electron chi connectivity index (χ1n) is 10.5. The Labute approximate surface area is 193 Å². The molecule has 3 aromatic rings. The zero-order chi connectivity index (χ0) is 23.5. The molecule has 172 valence electrons. The van der Waals surface area contributed by atoms with E-state index in [1.54, 1.807) is 13.0 Å². The number of nitrogens with zero attached hydrogens (tertiary/aromatic N) is 1. The van der Waals surface area contributed by atoms with Crippen molar-refractivity contribution < 1.29 is 28.4 Å². The van der Waals surface area contributed by atoms with Crippen LogP contribution in [0.15, 0.2) is 34.7 Å². The summed E-state index contributed by atoms with van der Waals surface area (Å²) in [4.78, 5) is 37.5. The van der Waals surface area contributed by atoms with Crippen molar-refractivity contribution >= 4 is 33.9 Å². The summed E-state index contributed by atoms with van der Waals surface area (Å²) in [6, 6.07) is 7.31. The molecule has 1 aliphatic rings. The zero-order valence-corrected chi connectivity index (χ0v) is 19.0. The largest absolute Gasteiger partial charge is 0.497 e. The molecule has 9 nitrogen and oxygen atoms in total. The highest BCUT2D eigenvalue weighted by molar-refractivity contribution is 7.17. The maximum Gasteiger partial charge on any atom is 0.341 e. The predicted octanol–water partition coefficient (Wildman–Crippen LogP) is 5.23. The Morgan fingerprint density at radius 3 is 2.73 bits per heavy atom. The van der Waals surface area contributed by atoms with Gasteiger partial charge in [-0.05, 0) is 62.4 Å². The molecule has 1 aliphatic carbocycles. The predicted molar refractivity (Wildman–Crippen MR) is 122 cm³/mol. The Balaban J connectivity index is 1.63. The first-order chi connectivity index (χ1) is 15.9. The first kappa shape index (κ1) is 22.5. The molecule has 0 aliphatic heterocycles. The monoisotopic (exact) mass is 470 g/mol. The van der Waals surface area contributed by atoms with Crippen molar-refractivity contribution in [1.82, 2.24) is 0 Å². The lowest BCUT2D eigenvalue weighted by Crippen LogP contribution is -2.15. The molecular formula is C23H22N2O7S. The van der Waals surface area contributed by atoms with Gasteiger partial charge in [0, 0.05) is 4.88 Å². The van der Waals surface area contributed by atoms with Gasteiger partial charge in [0.05, 0.1) is 35.8 Å². The number of carbonyl (C=O) groups excluding carboxylic acids is 2. The van der Waals surface area contributed by atoms with Crippen LogP contribution < -0.4 is 10.1 Å². The summed E-state index contributed by atoms with van der Waals surface area (Å²) in [7, 11) is 1.42. The first-order valence-corrected chi connectivity index (χ1v) is 11.3. The highest BCUT2D eigenvalue weighted by Gasteiger charge is 2.28. The number of anilines is 1. The molecule has 10 heteroatoms. The quantitative estimate of drug-likeness (QED) is 0.285. The van der Waals surface area contributed by atoms with Crippen molar-refractivity contribution in [3.8, 4) is 17.1 Å². The molecule has 33 heavy (non-hydrogen) atoms. The molecule has 0 unspecified atom stereocenters. The molecule has 1 aromatic carbocycles. The lowest BCUT2D eigenvalue weighted by Gasteiger charge is -2.12. The topological polar surface area (TPSA) is 121 Å². The van der Waals surface area contributed by atoms with Crippen LogP contribution in [0.25, 0.3) is 11.3 Å². The van der Waals surface area contributed by atoms with E-state index in [0.29, 0.717) is 16.3 Å². The van der Waals surface area contributed by atoms with E-state index >= 15 is 0 Å². The number of nitro benzene ring substituents is 1. The van der Waals surface area contributed by atoms with E-state index in [1.807, 2.05) is 0 Å². The van der Waals surface area contributed by atoms with Gasteiger partial charge in [0.25, 0.3) is 11.6 Å². The van der Waals surface area contributed by atoms with Crippen LogP contribution in [-0.2, 0) is 17.6 Å². The van der Waals surface area contributed by atoms with Crippen molar-refractivity contribution in [1.29, 1.82) is 0 Å². The van der Waals surface area contributed by atoms with Gasteiger partial charge in [-0.3, -0.25) is 14.9 Å². The number of fused-ring (bicyclic) bond motifs is 1. The van der Waals surface area contributed by atoms with E-state index in [0.717, 1.165) is 36.1 Å². The molecular weight excluding hydrogens is 448 g/mol. The number of amides is 1. The van der Waals surface area contributed by atoms with Gasteiger partial charge in [0.2, 0.25) is 0 Å². The number of rotatable bonds is 7. The number of esters is 1. The van der Waals surface area contributed by atoms with Crippen LogP contribution >= 0.6 is 11.3 Å².